The summed E-state index contributed by atoms with van der Waals surface area (Å²) in [5, 5.41) is 0. The first-order valence-corrected chi connectivity index (χ1v) is 12.7. The first kappa shape index (κ1) is 21.8. The molecule has 168 valence electrons. The van der Waals surface area contributed by atoms with Gasteiger partial charge in [0.15, 0.2) is 0 Å². The number of amidine groups is 1. The molecule has 0 spiro atoms. The molecule has 1 unspecified atom stereocenters. The zero-order valence-electron chi connectivity index (χ0n) is 17.9. The lowest BCUT2D eigenvalue weighted by atomic mass is 9.84. The van der Waals surface area contributed by atoms with E-state index in [1.165, 1.54) is 0 Å². The number of hydrogen-bond acceptors (Lipinski definition) is 5. The molecule has 1 aromatic carbocycles. The average Bonchev–Trinajstić information content (AvgIpc) is 2.99. The molecule has 2 heterocycles. The monoisotopic (exact) mass is 446 g/mol. The fraction of sp³-hybridized carbons (Fsp3) is 0.591. The molecule has 1 N–H and O–H groups in total. The predicted octanol–water partition coefficient (Wildman–Crippen LogP) is 1.75. The van der Waals surface area contributed by atoms with Crippen LogP contribution in [-0.4, -0.2) is 68.1 Å². The molecule has 1 aliphatic carbocycles. The molecule has 1 saturated carbocycles. The van der Waals surface area contributed by atoms with E-state index in [9.17, 15) is 18.0 Å². The van der Waals surface area contributed by atoms with Crippen LogP contribution in [-0.2, 0) is 19.6 Å². The largest absolute Gasteiger partial charge is 0.339 e. The quantitative estimate of drug-likeness (QED) is 0.720. The van der Waals surface area contributed by atoms with Gasteiger partial charge in [-0.3, -0.25) is 19.3 Å². The van der Waals surface area contributed by atoms with E-state index in [4.69, 9.17) is 0 Å². The van der Waals surface area contributed by atoms with Crippen LogP contribution in [0.5, 0.6) is 0 Å². The van der Waals surface area contributed by atoms with Gasteiger partial charge in [-0.15, -0.1) is 0 Å². The zero-order valence-corrected chi connectivity index (χ0v) is 18.7. The summed E-state index contributed by atoms with van der Waals surface area (Å²) in [5.41, 5.74) is 0.507. The van der Waals surface area contributed by atoms with Gasteiger partial charge in [0.2, 0.25) is 11.8 Å². The number of rotatable bonds is 6. The van der Waals surface area contributed by atoms with E-state index in [1.807, 2.05) is 11.8 Å². The van der Waals surface area contributed by atoms with E-state index in [0.29, 0.717) is 38.2 Å². The van der Waals surface area contributed by atoms with Gasteiger partial charge in [0.1, 0.15) is 11.9 Å². The Morgan fingerprint density at radius 1 is 1.13 bits per heavy atom. The maximum atomic E-state index is 13.3. The van der Waals surface area contributed by atoms with Crippen molar-refractivity contribution in [1.82, 2.24) is 14.5 Å². The second-order valence-electron chi connectivity index (χ2n) is 8.52. The number of nitrogens with one attached hydrogen (secondary N) is 1. The minimum absolute atomic E-state index is 0.0970. The van der Waals surface area contributed by atoms with Crippen molar-refractivity contribution in [2.24, 2.45) is 10.9 Å². The fourth-order valence-corrected chi connectivity index (χ4v) is 5.54. The van der Waals surface area contributed by atoms with Crippen LogP contribution in [0, 0.1) is 5.92 Å². The molecular formula is C22H30N4O4S. The summed E-state index contributed by atoms with van der Waals surface area (Å²) in [5.74, 6) is 0.531. The van der Waals surface area contributed by atoms with E-state index in [2.05, 4.69) is 9.71 Å². The van der Waals surface area contributed by atoms with Gasteiger partial charge in [0.05, 0.1) is 4.90 Å². The summed E-state index contributed by atoms with van der Waals surface area (Å²) in [6.07, 6.45) is 5.38. The number of aliphatic imine (C=N–C) groups is 1. The average molecular weight is 447 g/mol. The van der Waals surface area contributed by atoms with E-state index in [-0.39, 0.29) is 28.5 Å². The van der Waals surface area contributed by atoms with Gasteiger partial charge in [-0.1, -0.05) is 38.3 Å². The third-order valence-electron chi connectivity index (χ3n) is 6.42. The van der Waals surface area contributed by atoms with Crippen LogP contribution in [0.2, 0.25) is 0 Å². The van der Waals surface area contributed by atoms with Gasteiger partial charge in [0, 0.05) is 37.7 Å². The van der Waals surface area contributed by atoms with Crippen LogP contribution in [0.25, 0.3) is 0 Å². The summed E-state index contributed by atoms with van der Waals surface area (Å²) in [6, 6.07) is 6.04. The number of amides is 2. The number of sulfonamides is 1. The molecule has 1 aromatic rings. The fourth-order valence-electron chi connectivity index (χ4n) is 4.30. The number of carbonyl (C=O) groups is 2. The van der Waals surface area contributed by atoms with Crippen LogP contribution in [0.1, 0.15) is 51.0 Å². The van der Waals surface area contributed by atoms with E-state index >= 15 is 0 Å². The highest BCUT2D eigenvalue weighted by Gasteiger charge is 2.35. The molecule has 2 fully saturated rings. The van der Waals surface area contributed by atoms with Crippen molar-refractivity contribution >= 4 is 27.7 Å². The van der Waals surface area contributed by atoms with Gasteiger partial charge < -0.3 is 9.80 Å². The lowest BCUT2D eigenvalue weighted by Gasteiger charge is -2.39. The van der Waals surface area contributed by atoms with Gasteiger partial charge in [0.25, 0.3) is 10.0 Å². The second-order valence-corrected chi connectivity index (χ2v) is 10.2. The number of unbranched alkanes of at least 4 members (excludes halogenated alkanes) is 1. The highest BCUT2D eigenvalue weighted by atomic mass is 32.2. The maximum Gasteiger partial charge on any atom is 0.263 e. The lowest BCUT2D eigenvalue weighted by molar-refractivity contribution is -0.144. The standard InChI is InChI=1S/C22H30N4O4S/c1-2-3-10-18(23-20-17-9-4-5-11-19(17)31(29,30)24-20)22(28)26-14-12-25(13-15-26)21(27)16-7-6-8-16/h4-5,9,11,16,18H,2-3,6-8,10,12-15H2,1H3,(H,23,24). The smallest absolute Gasteiger partial charge is 0.263 e. The van der Waals surface area contributed by atoms with E-state index in [0.717, 1.165) is 32.1 Å². The van der Waals surface area contributed by atoms with Gasteiger partial charge >= 0.3 is 0 Å². The van der Waals surface area contributed by atoms with Gasteiger partial charge in [-0.05, 0) is 31.4 Å². The number of carbonyl (C=O) groups excluding carboxylic acids is 2. The number of benzene rings is 1. The maximum absolute atomic E-state index is 13.3. The Hall–Kier alpha value is -2.42. The molecule has 4 rings (SSSR count). The summed E-state index contributed by atoms with van der Waals surface area (Å²) in [6.45, 7) is 4.13. The molecular weight excluding hydrogens is 416 g/mol. The molecule has 0 radical (unpaired) electrons. The number of nitrogens with zero attached hydrogens (tertiary/aromatic N) is 3. The molecule has 9 heteroatoms. The van der Waals surface area contributed by atoms with Crippen LogP contribution in [0.15, 0.2) is 34.2 Å². The van der Waals surface area contributed by atoms with Crippen molar-refractivity contribution in [2.75, 3.05) is 26.2 Å². The first-order chi connectivity index (χ1) is 14.9. The molecule has 2 amide bonds. The Bertz CT molecular complexity index is 979. The van der Waals surface area contributed by atoms with Crippen molar-refractivity contribution in [1.29, 1.82) is 0 Å². The van der Waals surface area contributed by atoms with Crippen molar-refractivity contribution in [3.8, 4) is 0 Å². The highest BCUT2D eigenvalue weighted by molar-refractivity contribution is 7.90. The van der Waals surface area contributed by atoms with Crippen molar-refractivity contribution < 1.29 is 18.0 Å². The SMILES string of the molecule is CCCCC(N=C1NS(=O)(=O)c2ccccc21)C(=O)N1CCN(C(=O)C2CCC2)CC1. The van der Waals surface area contributed by atoms with Crippen LogP contribution in [0.3, 0.4) is 0 Å². The Balaban J connectivity index is 1.48. The summed E-state index contributed by atoms with van der Waals surface area (Å²) >= 11 is 0. The Labute approximate surface area is 183 Å². The molecule has 2 aliphatic heterocycles. The number of hydrogen-bond donors (Lipinski definition) is 1. The molecule has 0 bridgehead atoms. The summed E-state index contributed by atoms with van der Waals surface area (Å²) in [7, 11) is -3.64. The Kier molecular flexibility index (Phi) is 6.31. The third kappa shape index (κ3) is 4.46. The summed E-state index contributed by atoms with van der Waals surface area (Å²) < 4.78 is 27.3. The molecule has 31 heavy (non-hydrogen) atoms. The van der Waals surface area contributed by atoms with Crippen LogP contribution in [0.4, 0.5) is 0 Å². The van der Waals surface area contributed by atoms with Crippen molar-refractivity contribution in [2.45, 2.75) is 56.4 Å². The number of fused-ring (bicyclic) bond motifs is 1. The molecule has 3 aliphatic rings. The minimum Gasteiger partial charge on any atom is -0.339 e. The molecule has 1 saturated heterocycles. The molecule has 0 aromatic heterocycles. The topological polar surface area (TPSA) is 99.1 Å². The van der Waals surface area contributed by atoms with Crippen LogP contribution >= 0.6 is 0 Å². The Morgan fingerprint density at radius 3 is 2.45 bits per heavy atom. The lowest BCUT2D eigenvalue weighted by Crippen LogP contribution is -2.54. The van der Waals surface area contributed by atoms with Gasteiger partial charge in [-0.25, -0.2) is 8.42 Å². The first-order valence-electron chi connectivity index (χ1n) is 11.2. The van der Waals surface area contributed by atoms with Gasteiger partial charge in [-0.2, -0.15) is 0 Å². The normalized spacial score (nSPS) is 22.5. The van der Waals surface area contributed by atoms with Crippen molar-refractivity contribution in [3.05, 3.63) is 29.8 Å². The predicted molar refractivity (Wildman–Crippen MR) is 117 cm³/mol. The van der Waals surface area contributed by atoms with Crippen LogP contribution < -0.4 is 4.72 Å². The molecule has 8 nitrogen and oxygen atoms in total. The Morgan fingerprint density at radius 2 is 1.81 bits per heavy atom. The summed E-state index contributed by atoms with van der Waals surface area (Å²) in [4.78, 5) is 34.2. The van der Waals surface area contributed by atoms with E-state index < -0.39 is 16.1 Å². The minimum atomic E-state index is -3.64. The van der Waals surface area contributed by atoms with E-state index in [1.54, 1.807) is 29.2 Å². The third-order valence-corrected chi connectivity index (χ3v) is 7.82. The highest BCUT2D eigenvalue weighted by Crippen LogP contribution is 2.29. The van der Waals surface area contributed by atoms with Crippen molar-refractivity contribution in [3.63, 3.8) is 0 Å². The molecule has 1 atom stereocenters. The number of piperazine rings is 1. The second kappa shape index (κ2) is 8.98. The zero-order chi connectivity index (χ0) is 22.0.